The van der Waals surface area contributed by atoms with Gasteiger partial charge in [0.1, 0.15) is 12.3 Å². The first-order valence-corrected chi connectivity index (χ1v) is 12.2. The average molecular weight is 450 g/mol. The zero-order valence-corrected chi connectivity index (χ0v) is 19.4. The first-order chi connectivity index (χ1) is 14.6. The second-order valence-corrected chi connectivity index (χ2v) is 10.3. The highest BCUT2D eigenvalue weighted by molar-refractivity contribution is 7.92. The Morgan fingerprint density at radius 1 is 1.06 bits per heavy atom. The van der Waals surface area contributed by atoms with Crippen LogP contribution >= 0.6 is 0 Å². The summed E-state index contributed by atoms with van der Waals surface area (Å²) in [6, 6.07) is 6.86. The van der Waals surface area contributed by atoms with Crippen LogP contribution in [0.15, 0.2) is 35.4 Å². The fourth-order valence-electron chi connectivity index (χ4n) is 4.14. The van der Waals surface area contributed by atoms with Crippen molar-refractivity contribution in [2.75, 3.05) is 32.1 Å². The first-order valence-electron chi connectivity index (χ1n) is 10.6. The largest absolute Gasteiger partial charge is 0.378 e. The molecule has 0 spiro atoms. The molecule has 1 saturated heterocycles. The second-order valence-electron chi connectivity index (χ2n) is 8.38. The van der Waals surface area contributed by atoms with E-state index < -0.39 is 21.5 Å². The van der Waals surface area contributed by atoms with Crippen molar-refractivity contribution in [1.29, 1.82) is 0 Å². The summed E-state index contributed by atoms with van der Waals surface area (Å²) in [4.78, 5) is 28.9. The van der Waals surface area contributed by atoms with Crippen LogP contribution < -0.4 is 0 Å². The normalized spacial score (nSPS) is 15.1. The van der Waals surface area contributed by atoms with Crippen molar-refractivity contribution < 1.29 is 22.7 Å². The molecule has 8 nitrogen and oxygen atoms in total. The second kappa shape index (κ2) is 9.40. The third-order valence-corrected chi connectivity index (χ3v) is 7.09. The predicted molar refractivity (Wildman–Crippen MR) is 119 cm³/mol. The number of aromatic nitrogens is 1. The van der Waals surface area contributed by atoms with Crippen molar-refractivity contribution in [2.24, 2.45) is 0 Å². The lowest BCUT2D eigenvalue weighted by Gasteiger charge is -2.30. The van der Waals surface area contributed by atoms with Gasteiger partial charge < -0.3 is 19.1 Å². The Kier molecular flexibility index (Phi) is 7.06. The molecule has 31 heavy (non-hydrogen) atoms. The minimum absolute atomic E-state index is 0.0358. The highest BCUT2D eigenvalue weighted by atomic mass is 32.2. The topological polar surface area (TPSA) is 88.9 Å². The van der Waals surface area contributed by atoms with Crippen LogP contribution in [-0.4, -0.2) is 78.7 Å². The van der Waals surface area contributed by atoms with Crippen LogP contribution in [0.25, 0.3) is 10.9 Å². The molecule has 0 atom stereocenters. The molecule has 1 aromatic carbocycles. The minimum Gasteiger partial charge on any atom is -0.378 e. The van der Waals surface area contributed by atoms with E-state index in [2.05, 4.69) is 0 Å². The van der Waals surface area contributed by atoms with Crippen LogP contribution in [-0.2, 0) is 30.7 Å². The van der Waals surface area contributed by atoms with Crippen molar-refractivity contribution in [2.45, 2.75) is 51.2 Å². The molecule has 2 amide bonds. The molecule has 0 unspecified atom stereocenters. The van der Waals surface area contributed by atoms with Gasteiger partial charge in [0, 0.05) is 42.3 Å². The van der Waals surface area contributed by atoms with Crippen molar-refractivity contribution in [1.82, 2.24) is 14.4 Å². The molecule has 0 bridgehead atoms. The third kappa shape index (κ3) is 5.10. The van der Waals surface area contributed by atoms with E-state index in [0.29, 0.717) is 37.2 Å². The number of nitrogens with zero attached hydrogens (tertiary/aromatic N) is 3. The first kappa shape index (κ1) is 23.3. The lowest BCUT2D eigenvalue weighted by Crippen LogP contribution is -2.44. The van der Waals surface area contributed by atoms with Gasteiger partial charge in [-0.2, -0.15) is 0 Å². The average Bonchev–Trinajstić information content (AvgIpc) is 3.07. The Labute approximate surface area is 183 Å². The fourth-order valence-corrected chi connectivity index (χ4v) is 5.56. The number of rotatable bonds is 7. The van der Waals surface area contributed by atoms with E-state index in [-0.39, 0.29) is 29.4 Å². The molecule has 2 aromatic rings. The molecule has 0 aliphatic carbocycles. The van der Waals surface area contributed by atoms with Gasteiger partial charge in [-0.1, -0.05) is 18.2 Å². The van der Waals surface area contributed by atoms with E-state index in [9.17, 15) is 18.0 Å². The van der Waals surface area contributed by atoms with Crippen molar-refractivity contribution >= 4 is 32.6 Å². The summed E-state index contributed by atoms with van der Waals surface area (Å²) in [7, 11) is -3.89. The van der Waals surface area contributed by atoms with Crippen LogP contribution in [0.2, 0.25) is 0 Å². The van der Waals surface area contributed by atoms with Gasteiger partial charge in [-0.05, 0) is 33.8 Å². The Hall–Kier alpha value is -2.39. The number of carbonyl (C=O) groups excluding carboxylic acids is 2. The summed E-state index contributed by atoms with van der Waals surface area (Å²) >= 11 is 0. The maximum atomic E-state index is 13.2. The Balaban J connectivity index is 1.91. The van der Waals surface area contributed by atoms with Gasteiger partial charge in [-0.3, -0.25) is 9.59 Å². The van der Waals surface area contributed by atoms with Crippen LogP contribution in [0.5, 0.6) is 0 Å². The molecule has 0 N–H and O–H groups in total. The summed E-state index contributed by atoms with van der Waals surface area (Å²) in [5.74, 6) is -1.12. The number of morpholine rings is 1. The van der Waals surface area contributed by atoms with Gasteiger partial charge >= 0.3 is 0 Å². The van der Waals surface area contributed by atoms with Crippen LogP contribution in [0.3, 0.4) is 0 Å². The highest BCUT2D eigenvalue weighted by Gasteiger charge is 2.29. The van der Waals surface area contributed by atoms with Crippen LogP contribution in [0.1, 0.15) is 27.7 Å². The van der Waals surface area contributed by atoms with E-state index in [1.165, 1.54) is 6.20 Å². The van der Waals surface area contributed by atoms with E-state index in [0.717, 1.165) is 0 Å². The quantitative estimate of drug-likeness (QED) is 0.644. The van der Waals surface area contributed by atoms with E-state index in [1.807, 2.05) is 27.7 Å². The Morgan fingerprint density at radius 2 is 1.68 bits per heavy atom. The summed E-state index contributed by atoms with van der Waals surface area (Å²) < 4.78 is 33.4. The standard InChI is InChI=1S/C22H31N3O5S/c1-16(2)25(17(3)4)22(27)15-31(28,29)20-13-24(19-8-6-5-7-18(19)20)14-21(26)23-9-11-30-12-10-23/h5-8,13,16-17H,9-12,14-15H2,1-4H3. The zero-order valence-electron chi connectivity index (χ0n) is 18.6. The lowest BCUT2D eigenvalue weighted by atomic mass is 10.2. The number of carbonyl (C=O) groups is 2. The molecular formula is C22H31N3O5S. The van der Waals surface area contributed by atoms with E-state index in [4.69, 9.17) is 4.74 Å². The summed E-state index contributed by atoms with van der Waals surface area (Å²) in [6.07, 6.45) is 1.49. The van der Waals surface area contributed by atoms with Crippen molar-refractivity contribution in [3.05, 3.63) is 30.5 Å². The van der Waals surface area contributed by atoms with Gasteiger partial charge in [-0.15, -0.1) is 0 Å². The monoisotopic (exact) mass is 449 g/mol. The van der Waals surface area contributed by atoms with Gasteiger partial charge in [0.25, 0.3) is 0 Å². The number of benzene rings is 1. The van der Waals surface area contributed by atoms with E-state index in [1.54, 1.807) is 38.6 Å². The molecule has 1 fully saturated rings. The van der Waals surface area contributed by atoms with Crippen LogP contribution in [0.4, 0.5) is 0 Å². The SMILES string of the molecule is CC(C)N(C(=O)CS(=O)(=O)c1cn(CC(=O)N2CCOCC2)c2ccccc12)C(C)C. The number of para-hydroxylation sites is 1. The van der Waals surface area contributed by atoms with Gasteiger partial charge in [0.05, 0.1) is 18.1 Å². The molecule has 0 saturated carbocycles. The zero-order chi connectivity index (χ0) is 22.8. The number of ether oxygens (including phenoxy) is 1. The summed E-state index contributed by atoms with van der Waals surface area (Å²) in [5, 5.41) is 0.519. The van der Waals surface area contributed by atoms with Crippen molar-refractivity contribution in [3.8, 4) is 0 Å². The number of fused-ring (bicyclic) bond motifs is 1. The van der Waals surface area contributed by atoms with Gasteiger partial charge in [0.2, 0.25) is 11.8 Å². The molecule has 9 heteroatoms. The molecule has 0 radical (unpaired) electrons. The lowest BCUT2D eigenvalue weighted by molar-refractivity contribution is -0.136. The number of amides is 2. The Morgan fingerprint density at radius 3 is 2.29 bits per heavy atom. The Bertz CT molecular complexity index is 1040. The summed E-state index contributed by atoms with van der Waals surface area (Å²) in [5.41, 5.74) is 0.653. The minimum atomic E-state index is -3.89. The van der Waals surface area contributed by atoms with Crippen molar-refractivity contribution in [3.63, 3.8) is 0 Å². The molecule has 3 rings (SSSR count). The molecule has 1 aliphatic heterocycles. The smallest absolute Gasteiger partial charge is 0.242 e. The molecule has 170 valence electrons. The predicted octanol–water partition coefficient (Wildman–Crippen LogP) is 1.92. The van der Waals surface area contributed by atoms with Gasteiger partial charge in [0.15, 0.2) is 9.84 Å². The molecule has 1 aromatic heterocycles. The van der Waals surface area contributed by atoms with E-state index >= 15 is 0 Å². The maximum Gasteiger partial charge on any atom is 0.242 e. The summed E-state index contributed by atoms with van der Waals surface area (Å²) in [6.45, 7) is 9.57. The number of hydrogen-bond acceptors (Lipinski definition) is 5. The maximum absolute atomic E-state index is 13.2. The fraction of sp³-hybridized carbons (Fsp3) is 0.545. The van der Waals surface area contributed by atoms with Crippen LogP contribution in [0, 0.1) is 0 Å². The number of hydrogen-bond donors (Lipinski definition) is 0. The highest BCUT2D eigenvalue weighted by Crippen LogP contribution is 2.27. The molecule has 1 aliphatic rings. The number of sulfone groups is 1. The molecular weight excluding hydrogens is 418 g/mol. The third-order valence-electron chi connectivity index (χ3n) is 5.47. The molecule has 2 heterocycles. The van der Waals surface area contributed by atoms with Gasteiger partial charge in [-0.25, -0.2) is 8.42 Å².